The molecule has 0 bridgehead atoms. The Kier molecular flexibility index (Phi) is 9.05. The van der Waals surface area contributed by atoms with Gasteiger partial charge in [-0.3, -0.25) is 19.3 Å². The fraction of sp³-hybridized carbons (Fsp3) is 0.472. The van der Waals surface area contributed by atoms with Crippen molar-refractivity contribution in [3.8, 4) is 0 Å². The molecule has 2 aromatic carbocycles. The molecule has 5 heterocycles. The van der Waals surface area contributed by atoms with Crippen LogP contribution in [0.4, 0.5) is 0 Å². The van der Waals surface area contributed by atoms with Crippen molar-refractivity contribution in [3.63, 3.8) is 0 Å². The lowest BCUT2D eigenvalue weighted by molar-refractivity contribution is -0.147. The largest absolute Gasteiger partial charge is 0.394 e. The minimum absolute atomic E-state index is 0.0555. The summed E-state index contributed by atoms with van der Waals surface area (Å²) in [7, 11) is 0. The predicted octanol–water partition coefficient (Wildman–Crippen LogP) is 2.22. The number of nitrogens with zero attached hydrogens (tertiary/aromatic N) is 4. The summed E-state index contributed by atoms with van der Waals surface area (Å²) in [4.78, 5) is 51.8. The van der Waals surface area contributed by atoms with Gasteiger partial charge in [0, 0.05) is 51.1 Å². The first kappa shape index (κ1) is 31.2. The van der Waals surface area contributed by atoms with E-state index in [1.54, 1.807) is 16.7 Å². The van der Waals surface area contributed by atoms with Crippen LogP contribution in [0.2, 0.25) is 0 Å². The maximum absolute atomic E-state index is 14.9. The minimum Gasteiger partial charge on any atom is -0.394 e. The second-order valence-electron chi connectivity index (χ2n) is 12.9. The lowest BCUT2D eigenvalue weighted by Crippen LogP contribution is -2.57. The number of carbonyl (C=O) groups is 3. The first-order chi connectivity index (χ1) is 22.5. The summed E-state index contributed by atoms with van der Waals surface area (Å²) >= 11 is 1.59. The second kappa shape index (κ2) is 13.4. The summed E-state index contributed by atoms with van der Waals surface area (Å²) in [6, 6.07) is 18.3. The molecule has 0 radical (unpaired) electrons. The molecular formula is C36H42N4O5S. The fourth-order valence-electron chi connectivity index (χ4n) is 7.94. The SMILES string of the molecule is O=C1C2N([C@@H](CO)Cc3ccccc3)C(=O)[C@@H]3[C@H]4C(=O)N(Cc5ccccc5)CC=C[C@H]4S[C@]23C=CCN1CCN1CCOCC1. The Morgan fingerprint density at radius 3 is 2.26 bits per heavy atom. The number of fused-ring (bicyclic) bond motifs is 2. The van der Waals surface area contributed by atoms with Crippen LogP contribution in [-0.4, -0.2) is 124 Å². The molecule has 46 heavy (non-hydrogen) atoms. The van der Waals surface area contributed by atoms with Crippen LogP contribution in [0.1, 0.15) is 11.1 Å². The summed E-state index contributed by atoms with van der Waals surface area (Å²) < 4.78 is 4.59. The first-order valence-corrected chi connectivity index (χ1v) is 17.3. The third-order valence-corrected chi connectivity index (χ3v) is 11.9. The third-order valence-electron chi connectivity index (χ3n) is 10.2. The number of ether oxygens (including phenoxy) is 1. The number of carbonyl (C=O) groups excluding carboxylic acids is 3. The summed E-state index contributed by atoms with van der Waals surface area (Å²) in [5.41, 5.74) is 2.01. The van der Waals surface area contributed by atoms with E-state index in [-0.39, 0.29) is 29.6 Å². The molecule has 1 N–H and O–H groups in total. The number of benzene rings is 2. The van der Waals surface area contributed by atoms with Gasteiger partial charge in [-0.2, -0.15) is 0 Å². The van der Waals surface area contributed by atoms with Gasteiger partial charge in [0.1, 0.15) is 6.04 Å². The van der Waals surface area contributed by atoms with E-state index in [0.717, 1.165) is 30.8 Å². The molecule has 3 saturated heterocycles. The normalized spacial score (nSPS) is 30.2. The molecule has 10 heteroatoms. The van der Waals surface area contributed by atoms with Crippen LogP contribution in [0, 0.1) is 11.8 Å². The van der Waals surface area contributed by atoms with Gasteiger partial charge in [0.15, 0.2) is 0 Å². The lowest BCUT2D eigenvalue weighted by Gasteiger charge is -2.39. The highest BCUT2D eigenvalue weighted by Gasteiger charge is 2.71. The Bertz CT molecular complexity index is 1480. The number of likely N-dealkylation sites (tertiary alicyclic amines) is 1. The number of aliphatic hydroxyl groups excluding tert-OH is 1. The molecule has 1 unspecified atom stereocenters. The number of hydrogen-bond donors (Lipinski definition) is 1. The van der Waals surface area contributed by atoms with Gasteiger partial charge in [-0.1, -0.05) is 85.0 Å². The summed E-state index contributed by atoms with van der Waals surface area (Å²) in [6.07, 6.45) is 8.62. The molecule has 2 aromatic rings. The van der Waals surface area contributed by atoms with E-state index in [1.165, 1.54) is 0 Å². The zero-order valence-corrected chi connectivity index (χ0v) is 26.8. The van der Waals surface area contributed by atoms with Crippen LogP contribution < -0.4 is 0 Å². The van der Waals surface area contributed by atoms with Gasteiger partial charge in [0.2, 0.25) is 17.7 Å². The summed E-state index contributed by atoms with van der Waals surface area (Å²) in [6.45, 7) is 5.37. The number of thioether (sulfide) groups is 1. The minimum atomic E-state index is -0.920. The molecule has 0 saturated carbocycles. The molecule has 242 valence electrons. The van der Waals surface area contributed by atoms with E-state index in [2.05, 4.69) is 17.1 Å². The highest BCUT2D eigenvalue weighted by molar-refractivity contribution is 8.02. The van der Waals surface area contributed by atoms with E-state index >= 15 is 0 Å². The molecule has 7 rings (SSSR count). The first-order valence-electron chi connectivity index (χ1n) is 16.4. The van der Waals surface area contributed by atoms with Crippen molar-refractivity contribution in [3.05, 3.63) is 96.1 Å². The van der Waals surface area contributed by atoms with Crippen LogP contribution in [0.3, 0.4) is 0 Å². The Morgan fingerprint density at radius 2 is 1.54 bits per heavy atom. The van der Waals surface area contributed by atoms with Crippen molar-refractivity contribution in [2.75, 3.05) is 59.1 Å². The van der Waals surface area contributed by atoms with E-state index < -0.39 is 28.7 Å². The van der Waals surface area contributed by atoms with Crippen LogP contribution in [0.25, 0.3) is 0 Å². The topological polar surface area (TPSA) is 93.6 Å². The van der Waals surface area contributed by atoms with Crippen molar-refractivity contribution < 1.29 is 24.2 Å². The Hall–Kier alpha value is -3.44. The quantitative estimate of drug-likeness (QED) is 0.420. The number of rotatable bonds is 9. The molecule has 3 fully saturated rings. The van der Waals surface area contributed by atoms with Crippen molar-refractivity contribution in [1.29, 1.82) is 0 Å². The molecule has 0 aromatic heterocycles. The van der Waals surface area contributed by atoms with Gasteiger partial charge in [-0.15, -0.1) is 11.8 Å². The van der Waals surface area contributed by atoms with E-state index in [9.17, 15) is 19.5 Å². The number of hydrogen-bond acceptors (Lipinski definition) is 7. The molecular weight excluding hydrogens is 600 g/mol. The maximum atomic E-state index is 14.9. The molecule has 1 spiro atoms. The van der Waals surface area contributed by atoms with Gasteiger partial charge >= 0.3 is 0 Å². The van der Waals surface area contributed by atoms with Crippen LogP contribution in [0.5, 0.6) is 0 Å². The molecule has 3 amide bonds. The number of morpholine rings is 1. The zero-order valence-electron chi connectivity index (χ0n) is 26.0. The Balaban J connectivity index is 1.24. The summed E-state index contributed by atoms with van der Waals surface area (Å²) in [5.74, 6) is -1.70. The molecule has 5 aliphatic heterocycles. The van der Waals surface area contributed by atoms with E-state index in [0.29, 0.717) is 45.8 Å². The van der Waals surface area contributed by atoms with E-state index in [4.69, 9.17) is 4.74 Å². The monoisotopic (exact) mass is 642 g/mol. The average molecular weight is 643 g/mol. The Labute approximate surface area is 274 Å². The summed E-state index contributed by atoms with van der Waals surface area (Å²) in [5, 5.41) is 10.6. The third kappa shape index (κ3) is 5.70. The number of aliphatic hydroxyl groups is 1. The highest BCUT2D eigenvalue weighted by Crippen LogP contribution is 2.61. The lowest BCUT2D eigenvalue weighted by atomic mass is 9.78. The van der Waals surface area contributed by atoms with Crippen molar-refractivity contribution in [2.45, 2.75) is 35.0 Å². The highest BCUT2D eigenvalue weighted by atomic mass is 32.2. The zero-order chi connectivity index (χ0) is 31.7. The average Bonchev–Trinajstić information content (AvgIpc) is 3.42. The fourth-order valence-corrected chi connectivity index (χ4v) is 9.93. The second-order valence-corrected chi connectivity index (χ2v) is 14.4. The molecule has 9 nitrogen and oxygen atoms in total. The van der Waals surface area contributed by atoms with Crippen LogP contribution in [-0.2, 0) is 32.1 Å². The van der Waals surface area contributed by atoms with Gasteiger partial charge in [0.25, 0.3) is 0 Å². The van der Waals surface area contributed by atoms with Gasteiger partial charge in [-0.05, 0) is 17.5 Å². The molecule has 6 atom stereocenters. The smallest absolute Gasteiger partial charge is 0.247 e. The molecule has 5 aliphatic rings. The van der Waals surface area contributed by atoms with Gasteiger partial charge in [0.05, 0.1) is 42.4 Å². The maximum Gasteiger partial charge on any atom is 0.247 e. The Morgan fingerprint density at radius 1 is 0.848 bits per heavy atom. The van der Waals surface area contributed by atoms with Gasteiger partial charge in [-0.25, -0.2) is 0 Å². The van der Waals surface area contributed by atoms with Crippen molar-refractivity contribution in [1.82, 2.24) is 19.6 Å². The predicted molar refractivity (Wildman–Crippen MR) is 177 cm³/mol. The van der Waals surface area contributed by atoms with E-state index in [1.807, 2.05) is 82.6 Å². The number of amides is 3. The molecule has 0 aliphatic carbocycles. The van der Waals surface area contributed by atoms with Crippen molar-refractivity contribution in [2.24, 2.45) is 11.8 Å². The van der Waals surface area contributed by atoms with Gasteiger partial charge < -0.3 is 24.5 Å². The van der Waals surface area contributed by atoms with Crippen molar-refractivity contribution >= 4 is 29.5 Å². The standard InChI is InChI=1S/C36H42N4O5S/c41-25-28(23-26-9-3-1-4-10-26)40-32-35(44)38(18-17-37-19-21-45-22-20-37)16-8-14-36(32)31(34(40)43)30-29(46-36)13-7-15-39(33(30)42)24-27-11-5-2-6-12-27/h1-14,28-32,41H,15-25H2/t28-,29-,30+,31+,32?,36+/m1/s1. The van der Waals surface area contributed by atoms with Crippen LogP contribution in [0.15, 0.2) is 85.0 Å². The van der Waals surface area contributed by atoms with Crippen LogP contribution >= 0.6 is 11.8 Å².